The largest absolute Gasteiger partial charge is 0.468 e. The maximum Gasteiger partial charge on any atom is 0.319 e. The molecular weight excluding hydrogens is 214 g/mol. The highest BCUT2D eigenvalue weighted by molar-refractivity contribution is 5.71. The van der Waals surface area contributed by atoms with Crippen LogP contribution in [0.2, 0.25) is 0 Å². The number of hydrogen-bond acceptors (Lipinski definition) is 3. The first-order valence-electron chi connectivity index (χ1n) is 5.90. The molecule has 1 rings (SSSR count). The van der Waals surface area contributed by atoms with Crippen molar-refractivity contribution in [1.29, 1.82) is 0 Å². The number of carbonyl (C=O) groups is 1. The van der Waals surface area contributed by atoms with Crippen LogP contribution in [0.1, 0.15) is 25.0 Å². The molecule has 0 aliphatic carbocycles. The number of carbonyl (C=O) groups excluding carboxylic acids is 1. The molecule has 0 radical (unpaired) electrons. The smallest absolute Gasteiger partial charge is 0.319 e. The normalized spacial score (nSPS) is 10.9. The van der Waals surface area contributed by atoms with Gasteiger partial charge in [0.2, 0.25) is 0 Å². The van der Waals surface area contributed by atoms with Crippen molar-refractivity contribution in [2.24, 2.45) is 0 Å². The second kappa shape index (κ2) is 6.40. The fraction of sp³-hybridized carbons (Fsp3) is 0.500. The molecule has 0 bridgehead atoms. The van der Waals surface area contributed by atoms with Crippen molar-refractivity contribution in [3.63, 3.8) is 0 Å². The Balaban J connectivity index is 2.74. The molecule has 0 saturated heterocycles. The summed E-state index contributed by atoms with van der Waals surface area (Å²) >= 11 is 0. The van der Waals surface area contributed by atoms with Crippen LogP contribution in [0.3, 0.4) is 0 Å². The van der Waals surface area contributed by atoms with Gasteiger partial charge in [0.1, 0.15) is 0 Å². The number of ether oxygens (including phenoxy) is 1. The molecular formula is C14H21NO2. The van der Waals surface area contributed by atoms with E-state index >= 15 is 0 Å². The van der Waals surface area contributed by atoms with Crippen LogP contribution in [0.15, 0.2) is 24.3 Å². The van der Waals surface area contributed by atoms with Crippen LogP contribution in [0, 0.1) is 6.92 Å². The Kier molecular flexibility index (Phi) is 5.16. The SMILES string of the molecule is COC(=O)CN(Cc1ccccc1C)C(C)C. The van der Waals surface area contributed by atoms with Crippen molar-refractivity contribution in [3.05, 3.63) is 35.4 Å². The Morgan fingerprint density at radius 1 is 1.35 bits per heavy atom. The molecule has 1 aromatic carbocycles. The Hall–Kier alpha value is -1.35. The van der Waals surface area contributed by atoms with Crippen LogP contribution in [-0.4, -0.2) is 30.6 Å². The van der Waals surface area contributed by atoms with E-state index in [1.54, 1.807) is 0 Å². The fourth-order valence-corrected chi connectivity index (χ4v) is 1.66. The molecule has 0 spiro atoms. The van der Waals surface area contributed by atoms with E-state index in [1.165, 1.54) is 18.2 Å². The number of benzene rings is 1. The van der Waals surface area contributed by atoms with E-state index in [4.69, 9.17) is 4.74 Å². The summed E-state index contributed by atoms with van der Waals surface area (Å²) in [6.07, 6.45) is 0. The van der Waals surface area contributed by atoms with Gasteiger partial charge in [-0.05, 0) is 31.9 Å². The van der Waals surface area contributed by atoms with Gasteiger partial charge in [-0.15, -0.1) is 0 Å². The number of aryl methyl sites for hydroxylation is 1. The Labute approximate surface area is 103 Å². The summed E-state index contributed by atoms with van der Waals surface area (Å²) in [7, 11) is 1.43. The molecule has 0 aliphatic heterocycles. The van der Waals surface area contributed by atoms with Crippen LogP contribution in [0.5, 0.6) is 0 Å². The van der Waals surface area contributed by atoms with Gasteiger partial charge >= 0.3 is 5.97 Å². The van der Waals surface area contributed by atoms with E-state index in [0.29, 0.717) is 12.6 Å². The van der Waals surface area contributed by atoms with Crippen molar-refractivity contribution in [1.82, 2.24) is 4.90 Å². The summed E-state index contributed by atoms with van der Waals surface area (Å²) < 4.78 is 4.72. The predicted octanol–water partition coefficient (Wildman–Crippen LogP) is 2.38. The van der Waals surface area contributed by atoms with Crippen LogP contribution < -0.4 is 0 Å². The maximum absolute atomic E-state index is 11.3. The lowest BCUT2D eigenvalue weighted by atomic mass is 10.1. The predicted molar refractivity (Wildman–Crippen MR) is 68.7 cm³/mol. The van der Waals surface area contributed by atoms with Crippen molar-refractivity contribution in [2.45, 2.75) is 33.4 Å². The highest BCUT2D eigenvalue weighted by Gasteiger charge is 2.15. The average molecular weight is 235 g/mol. The van der Waals surface area contributed by atoms with Crippen molar-refractivity contribution < 1.29 is 9.53 Å². The minimum absolute atomic E-state index is 0.188. The lowest BCUT2D eigenvalue weighted by molar-refractivity contribution is -0.142. The monoisotopic (exact) mass is 235 g/mol. The minimum atomic E-state index is -0.188. The third kappa shape index (κ3) is 4.19. The van der Waals surface area contributed by atoms with Crippen LogP contribution >= 0.6 is 0 Å². The molecule has 3 heteroatoms. The zero-order chi connectivity index (χ0) is 12.8. The van der Waals surface area contributed by atoms with E-state index < -0.39 is 0 Å². The number of methoxy groups -OCH3 is 1. The Bertz CT molecular complexity index is 374. The molecule has 0 atom stereocenters. The molecule has 3 nitrogen and oxygen atoms in total. The number of rotatable bonds is 5. The van der Waals surface area contributed by atoms with Crippen LogP contribution in [0.4, 0.5) is 0 Å². The zero-order valence-electron chi connectivity index (χ0n) is 11.1. The fourth-order valence-electron chi connectivity index (χ4n) is 1.66. The van der Waals surface area contributed by atoms with Gasteiger partial charge in [0, 0.05) is 12.6 Å². The third-order valence-electron chi connectivity index (χ3n) is 2.92. The molecule has 0 N–H and O–H groups in total. The molecule has 1 aromatic rings. The molecule has 0 aromatic heterocycles. The first kappa shape index (κ1) is 13.7. The van der Waals surface area contributed by atoms with Crippen LogP contribution in [0.25, 0.3) is 0 Å². The lowest BCUT2D eigenvalue weighted by Gasteiger charge is -2.25. The second-order valence-corrected chi connectivity index (χ2v) is 4.50. The van der Waals surface area contributed by atoms with Gasteiger partial charge in [-0.25, -0.2) is 0 Å². The van der Waals surface area contributed by atoms with E-state index in [9.17, 15) is 4.79 Å². The van der Waals surface area contributed by atoms with Gasteiger partial charge in [-0.1, -0.05) is 24.3 Å². The number of nitrogens with zero attached hydrogens (tertiary/aromatic N) is 1. The van der Waals surface area contributed by atoms with Crippen molar-refractivity contribution in [3.8, 4) is 0 Å². The summed E-state index contributed by atoms with van der Waals surface area (Å²) in [6, 6.07) is 8.56. The van der Waals surface area contributed by atoms with E-state index in [-0.39, 0.29) is 5.97 Å². The quantitative estimate of drug-likeness (QED) is 0.734. The number of esters is 1. The molecule has 0 heterocycles. The van der Waals surface area contributed by atoms with Gasteiger partial charge in [-0.3, -0.25) is 9.69 Å². The summed E-state index contributed by atoms with van der Waals surface area (Å²) in [6.45, 7) is 7.37. The van der Waals surface area contributed by atoms with Gasteiger partial charge in [0.05, 0.1) is 13.7 Å². The molecule has 94 valence electrons. The van der Waals surface area contributed by atoms with Crippen LogP contribution in [-0.2, 0) is 16.1 Å². The highest BCUT2D eigenvalue weighted by atomic mass is 16.5. The first-order chi connectivity index (χ1) is 8.04. The highest BCUT2D eigenvalue weighted by Crippen LogP contribution is 2.12. The molecule has 0 fully saturated rings. The van der Waals surface area contributed by atoms with Gasteiger partial charge in [0.25, 0.3) is 0 Å². The molecule has 0 amide bonds. The molecule has 0 saturated carbocycles. The second-order valence-electron chi connectivity index (χ2n) is 4.50. The van der Waals surface area contributed by atoms with Crippen molar-refractivity contribution >= 4 is 5.97 Å². The van der Waals surface area contributed by atoms with Gasteiger partial charge in [0.15, 0.2) is 0 Å². The van der Waals surface area contributed by atoms with Gasteiger partial charge in [-0.2, -0.15) is 0 Å². The number of hydrogen-bond donors (Lipinski definition) is 0. The molecule has 0 aliphatic rings. The third-order valence-corrected chi connectivity index (χ3v) is 2.92. The average Bonchev–Trinajstić information content (AvgIpc) is 2.30. The van der Waals surface area contributed by atoms with Crippen molar-refractivity contribution in [2.75, 3.05) is 13.7 Å². The summed E-state index contributed by atoms with van der Waals surface area (Å²) in [5.41, 5.74) is 2.51. The summed E-state index contributed by atoms with van der Waals surface area (Å²) in [5.74, 6) is -0.188. The summed E-state index contributed by atoms with van der Waals surface area (Å²) in [5, 5.41) is 0. The van der Waals surface area contributed by atoms with E-state index in [1.807, 2.05) is 12.1 Å². The summed E-state index contributed by atoms with van der Waals surface area (Å²) in [4.78, 5) is 13.4. The van der Waals surface area contributed by atoms with Gasteiger partial charge < -0.3 is 4.74 Å². The Morgan fingerprint density at radius 3 is 2.53 bits per heavy atom. The zero-order valence-corrected chi connectivity index (χ0v) is 11.1. The maximum atomic E-state index is 11.3. The van der Waals surface area contributed by atoms with E-state index in [2.05, 4.69) is 37.8 Å². The first-order valence-corrected chi connectivity index (χ1v) is 5.90. The lowest BCUT2D eigenvalue weighted by Crippen LogP contribution is -2.35. The topological polar surface area (TPSA) is 29.5 Å². The standard InChI is InChI=1S/C14H21NO2/c1-11(2)15(10-14(16)17-4)9-13-8-6-5-7-12(13)3/h5-8,11H,9-10H2,1-4H3. The Morgan fingerprint density at radius 2 is 2.00 bits per heavy atom. The molecule has 0 unspecified atom stereocenters. The van der Waals surface area contributed by atoms with E-state index in [0.717, 1.165) is 6.54 Å². The molecule has 17 heavy (non-hydrogen) atoms. The minimum Gasteiger partial charge on any atom is -0.468 e.